The first-order chi connectivity index (χ1) is 17.3. The minimum atomic E-state index is -1.26. The lowest BCUT2D eigenvalue weighted by molar-refractivity contribution is -0.154. The Labute approximate surface area is 223 Å². The highest BCUT2D eigenvalue weighted by Crippen LogP contribution is 2.45. The van der Waals surface area contributed by atoms with Crippen molar-refractivity contribution in [3.8, 4) is 0 Å². The van der Waals surface area contributed by atoms with Crippen LogP contribution >= 0.6 is 11.3 Å². The van der Waals surface area contributed by atoms with Crippen LogP contribution in [0.3, 0.4) is 0 Å². The summed E-state index contributed by atoms with van der Waals surface area (Å²) in [6.45, 7) is 18.0. The van der Waals surface area contributed by atoms with Crippen molar-refractivity contribution in [2.45, 2.75) is 110 Å². The van der Waals surface area contributed by atoms with Crippen molar-refractivity contribution in [2.24, 2.45) is 17.3 Å². The van der Waals surface area contributed by atoms with Crippen LogP contribution < -0.4 is 0 Å². The molecule has 2 fully saturated rings. The molecule has 4 unspecified atom stereocenters. The molecule has 7 atom stereocenters. The molecule has 1 aromatic heterocycles. The molecule has 3 rings (SSSR count). The maximum absolute atomic E-state index is 13.2. The number of cyclic esters (lactones) is 1. The zero-order valence-electron chi connectivity index (χ0n) is 22.7. The Morgan fingerprint density at radius 1 is 1.30 bits per heavy atom. The molecule has 37 heavy (non-hydrogen) atoms. The number of aliphatic hydroxyl groups is 2. The van der Waals surface area contributed by atoms with E-state index in [1.165, 1.54) is 11.3 Å². The topological polar surface area (TPSA) is 114 Å². The van der Waals surface area contributed by atoms with E-state index in [0.717, 1.165) is 29.8 Å². The largest absolute Gasteiger partial charge is 0.458 e. The van der Waals surface area contributed by atoms with Crippen LogP contribution in [0.15, 0.2) is 11.0 Å². The third-order valence-corrected chi connectivity index (χ3v) is 8.93. The molecule has 2 N–H and O–H groups in total. The highest BCUT2D eigenvalue weighted by atomic mass is 32.1. The average molecular weight is 533 g/mol. The second-order valence-electron chi connectivity index (χ2n) is 11.5. The number of hydrogen-bond acceptors (Lipinski definition) is 8. The third kappa shape index (κ3) is 7.05. The van der Waals surface area contributed by atoms with Gasteiger partial charge in [0.05, 0.1) is 41.4 Å². The number of hydrogen-bond donors (Lipinski definition) is 2. The van der Waals surface area contributed by atoms with Crippen LogP contribution in [0.4, 0.5) is 0 Å². The maximum Gasteiger partial charge on any atom is 0.309 e. The van der Waals surface area contributed by atoms with Gasteiger partial charge in [0.15, 0.2) is 5.01 Å². The molecule has 0 aromatic carbocycles. The first-order valence-electron chi connectivity index (χ1n) is 13.0. The summed E-state index contributed by atoms with van der Waals surface area (Å²) in [5.74, 6) is -1.64. The molecule has 9 heteroatoms. The van der Waals surface area contributed by atoms with Gasteiger partial charge < -0.3 is 24.5 Å². The Balaban J connectivity index is 1.85. The Bertz CT molecular complexity index is 1060. The average Bonchev–Trinajstić information content (AvgIpc) is 3.24. The number of aromatic nitrogens is 1. The van der Waals surface area contributed by atoms with Crippen LogP contribution in [0.25, 0.3) is 10.9 Å². The first kappa shape index (κ1) is 29.4. The Hall–Kier alpha value is -2.12. The van der Waals surface area contributed by atoms with Crippen LogP contribution in [0.2, 0.25) is 0 Å². The van der Waals surface area contributed by atoms with Crippen molar-refractivity contribution in [2.75, 3.05) is 0 Å². The van der Waals surface area contributed by atoms with Crippen molar-refractivity contribution in [1.29, 1.82) is 0 Å². The summed E-state index contributed by atoms with van der Waals surface area (Å²) in [6.07, 6.45) is 1.62. The molecule has 1 aromatic rings. The van der Waals surface area contributed by atoms with E-state index in [4.69, 9.17) is 16.0 Å². The lowest BCUT2D eigenvalue weighted by Crippen LogP contribution is -2.45. The van der Waals surface area contributed by atoms with Gasteiger partial charge in [-0.15, -0.1) is 11.3 Å². The van der Waals surface area contributed by atoms with Gasteiger partial charge in [0.2, 0.25) is 0 Å². The lowest BCUT2D eigenvalue weighted by Gasteiger charge is -2.34. The van der Waals surface area contributed by atoms with Gasteiger partial charge in [0, 0.05) is 17.7 Å². The third-order valence-electron chi connectivity index (χ3n) is 8.07. The number of carbonyl (C=O) groups is 2. The Morgan fingerprint density at radius 3 is 2.68 bits per heavy atom. The van der Waals surface area contributed by atoms with Crippen molar-refractivity contribution in [3.05, 3.63) is 33.1 Å². The highest BCUT2D eigenvalue weighted by Gasteiger charge is 2.53. The number of esters is 1. The predicted octanol–water partition coefficient (Wildman–Crippen LogP) is 4.59. The van der Waals surface area contributed by atoms with Crippen LogP contribution in [0, 0.1) is 23.8 Å². The van der Waals surface area contributed by atoms with Crippen LogP contribution in [-0.4, -0.2) is 57.0 Å². The molecule has 3 heterocycles. The molecule has 0 bridgehead atoms. The van der Waals surface area contributed by atoms with Crippen molar-refractivity contribution in [3.63, 3.8) is 0 Å². The highest BCUT2D eigenvalue weighted by molar-refractivity contribution is 7.09. The number of rotatable bonds is 3. The molecule has 2 aliphatic heterocycles. The van der Waals surface area contributed by atoms with Gasteiger partial charge in [-0.25, -0.2) is 11.6 Å². The van der Waals surface area contributed by atoms with E-state index in [2.05, 4.69) is 16.8 Å². The number of epoxide rings is 1. The van der Waals surface area contributed by atoms with Crippen LogP contribution in [0.5, 0.6) is 0 Å². The standard InChI is InChI=1S/C28H40N2O6S/c1-16-9-8-10-28(6)22(36-28)12-20(17(2)11-19-15-37-23(30-19)14-29-7)35-24(32)13-21(31)27(4,5)26(34)18(3)25(16)33/h11,15-16,18,20-22,25,31,33H,8-10,12-14H2,1-6H3/t16-,18+,20?,21?,22?,25?,28+/m0/s1. The molecule has 0 spiro atoms. The van der Waals surface area contributed by atoms with Crippen LogP contribution in [-0.2, 0) is 25.6 Å². The SMILES string of the molecule is [C-]#[N+]Cc1nc(C=C(C)C2CC3O[C@]3(C)CCC[C@H](C)C(O)[C@@H](C)C(=O)C(C)(C)C(O)CC(=O)O2)cs1. The molecule has 2 saturated heterocycles. The number of nitrogens with zero attached hydrogens (tertiary/aromatic N) is 2. The summed E-state index contributed by atoms with van der Waals surface area (Å²) in [6, 6.07) is 0. The summed E-state index contributed by atoms with van der Waals surface area (Å²) >= 11 is 1.41. The number of aliphatic hydroxyl groups excluding tert-OH is 2. The number of ketones is 1. The van der Waals surface area contributed by atoms with Gasteiger partial charge in [-0.05, 0) is 44.3 Å². The van der Waals surface area contributed by atoms with E-state index in [-0.39, 0.29) is 36.4 Å². The van der Waals surface area contributed by atoms with Gasteiger partial charge in [-0.3, -0.25) is 9.59 Å². The Kier molecular flexibility index (Phi) is 9.33. The normalized spacial score (nSPS) is 35.8. The predicted molar refractivity (Wildman–Crippen MR) is 141 cm³/mol. The minimum absolute atomic E-state index is 0.0863. The molecule has 204 valence electrons. The second kappa shape index (κ2) is 11.7. The minimum Gasteiger partial charge on any atom is -0.458 e. The van der Waals surface area contributed by atoms with Gasteiger partial charge in [0.1, 0.15) is 11.9 Å². The summed E-state index contributed by atoms with van der Waals surface area (Å²) in [5, 5.41) is 24.3. The number of thiazole rings is 1. The molecule has 0 radical (unpaired) electrons. The fraction of sp³-hybridized carbons (Fsp3) is 0.714. The van der Waals surface area contributed by atoms with E-state index in [1.807, 2.05) is 25.3 Å². The monoisotopic (exact) mass is 532 g/mol. The molecule has 0 saturated carbocycles. The summed E-state index contributed by atoms with van der Waals surface area (Å²) < 4.78 is 11.9. The molecular formula is C28H40N2O6S. The van der Waals surface area contributed by atoms with E-state index in [9.17, 15) is 19.8 Å². The van der Waals surface area contributed by atoms with E-state index in [1.54, 1.807) is 20.8 Å². The van der Waals surface area contributed by atoms with Crippen molar-refractivity contribution in [1.82, 2.24) is 4.98 Å². The van der Waals surface area contributed by atoms with Gasteiger partial charge in [-0.1, -0.05) is 34.1 Å². The molecule has 2 aliphatic rings. The van der Waals surface area contributed by atoms with E-state index < -0.39 is 35.6 Å². The zero-order valence-corrected chi connectivity index (χ0v) is 23.5. The van der Waals surface area contributed by atoms with E-state index >= 15 is 0 Å². The summed E-state index contributed by atoms with van der Waals surface area (Å²) in [5.41, 5.74) is -0.0625. The Morgan fingerprint density at radius 2 is 2.00 bits per heavy atom. The van der Waals surface area contributed by atoms with E-state index in [0.29, 0.717) is 12.1 Å². The lowest BCUT2D eigenvalue weighted by atomic mass is 9.73. The molecular weight excluding hydrogens is 492 g/mol. The first-order valence-corrected chi connectivity index (χ1v) is 13.9. The smallest absolute Gasteiger partial charge is 0.309 e. The molecule has 0 aliphatic carbocycles. The van der Waals surface area contributed by atoms with Gasteiger partial charge in [-0.2, -0.15) is 0 Å². The van der Waals surface area contributed by atoms with Gasteiger partial charge in [0.25, 0.3) is 6.54 Å². The fourth-order valence-electron chi connectivity index (χ4n) is 5.15. The van der Waals surface area contributed by atoms with Crippen molar-refractivity contribution < 1.29 is 29.3 Å². The van der Waals surface area contributed by atoms with Gasteiger partial charge >= 0.3 is 5.97 Å². The van der Waals surface area contributed by atoms with Crippen molar-refractivity contribution >= 4 is 29.2 Å². The molecule has 8 nitrogen and oxygen atoms in total. The summed E-state index contributed by atoms with van der Waals surface area (Å²) in [7, 11) is 0. The van der Waals surface area contributed by atoms with Crippen LogP contribution in [0.1, 0.15) is 84.3 Å². The quantitative estimate of drug-likeness (QED) is 0.333. The molecule has 0 amide bonds. The number of Topliss-reactive ketones (excluding diaryl/α,β-unsaturated/α-hetero) is 1. The number of ether oxygens (including phenoxy) is 2. The fourth-order valence-corrected chi connectivity index (χ4v) is 5.83. The zero-order chi connectivity index (χ0) is 27.5. The maximum atomic E-state index is 13.2. The summed E-state index contributed by atoms with van der Waals surface area (Å²) in [4.78, 5) is 34.1. The number of carbonyl (C=O) groups excluding carboxylic acids is 2. The number of fused-ring (bicyclic) bond motifs is 1. The second-order valence-corrected chi connectivity index (χ2v) is 12.4.